The summed E-state index contributed by atoms with van der Waals surface area (Å²) in [6.07, 6.45) is 0. The van der Waals surface area contributed by atoms with Crippen molar-refractivity contribution in [3.05, 3.63) is 53.6 Å². The molecule has 5 nitrogen and oxygen atoms in total. The smallest absolute Gasteiger partial charge is 0.321 e. The minimum Gasteiger partial charge on any atom is -0.497 e. The van der Waals surface area contributed by atoms with Gasteiger partial charge in [0.1, 0.15) is 5.75 Å². The molecule has 26 heavy (non-hydrogen) atoms. The van der Waals surface area contributed by atoms with E-state index in [0.29, 0.717) is 13.1 Å². The molecule has 3 rings (SSSR count). The number of amides is 2. The third kappa shape index (κ3) is 4.41. The summed E-state index contributed by atoms with van der Waals surface area (Å²) in [4.78, 5) is 16.7. The predicted molar refractivity (Wildman–Crippen MR) is 109 cm³/mol. The number of aryl methyl sites for hydroxylation is 1. The number of nitrogens with zero attached hydrogens (tertiary/aromatic N) is 2. The molecule has 1 N–H and O–H groups in total. The lowest BCUT2D eigenvalue weighted by atomic mass is 10.1. The van der Waals surface area contributed by atoms with Crippen LogP contribution in [0, 0.1) is 13.8 Å². The topological polar surface area (TPSA) is 44.8 Å². The van der Waals surface area contributed by atoms with Crippen LogP contribution in [-0.2, 0) is 0 Å². The number of halogens is 1. The largest absolute Gasteiger partial charge is 0.497 e. The molecule has 0 atom stereocenters. The van der Waals surface area contributed by atoms with Crippen molar-refractivity contribution in [3.8, 4) is 5.75 Å². The van der Waals surface area contributed by atoms with E-state index in [1.165, 1.54) is 16.8 Å². The van der Waals surface area contributed by atoms with Crippen LogP contribution in [0.15, 0.2) is 42.5 Å². The van der Waals surface area contributed by atoms with Crippen LogP contribution < -0.4 is 15.0 Å². The van der Waals surface area contributed by atoms with Gasteiger partial charge in [0.15, 0.2) is 0 Å². The molecule has 2 aromatic rings. The van der Waals surface area contributed by atoms with Gasteiger partial charge in [-0.25, -0.2) is 4.79 Å². The number of rotatable bonds is 3. The van der Waals surface area contributed by atoms with Gasteiger partial charge in [-0.3, -0.25) is 0 Å². The molecule has 0 saturated carbocycles. The van der Waals surface area contributed by atoms with Gasteiger partial charge in [0.05, 0.1) is 7.11 Å². The molecule has 2 aromatic carbocycles. The molecular weight excluding hydrogens is 350 g/mol. The van der Waals surface area contributed by atoms with Crippen LogP contribution in [0.2, 0.25) is 0 Å². The SMILES string of the molecule is COc1cccc(NC(=O)N2CCN(c3cccc(C)c3C)CC2)c1.Cl. The average Bonchev–Trinajstić information content (AvgIpc) is 2.64. The summed E-state index contributed by atoms with van der Waals surface area (Å²) in [6, 6.07) is 13.8. The van der Waals surface area contributed by atoms with E-state index in [1.54, 1.807) is 7.11 Å². The number of piperazine rings is 1. The summed E-state index contributed by atoms with van der Waals surface area (Å²) in [5.41, 5.74) is 4.64. The van der Waals surface area contributed by atoms with Gasteiger partial charge in [-0.1, -0.05) is 18.2 Å². The predicted octanol–water partition coefficient (Wildman–Crippen LogP) is 4.09. The quantitative estimate of drug-likeness (QED) is 0.878. The Morgan fingerprint density at radius 1 is 1.04 bits per heavy atom. The van der Waals surface area contributed by atoms with Crippen LogP contribution in [0.25, 0.3) is 0 Å². The molecule has 2 amide bonds. The Hall–Kier alpha value is -2.40. The summed E-state index contributed by atoms with van der Waals surface area (Å²) >= 11 is 0. The minimum absolute atomic E-state index is 0. The van der Waals surface area contributed by atoms with Crippen LogP contribution in [0.5, 0.6) is 5.75 Å². The van der Waals surface area contributed by atoms with Crippen LogP contribution in [0.3, 0.4) is 0 Å². The highest BCUT2D eigenvalue weighted by Crippen LogP contribution is 2.24. The van der Waals surface area contributed by atoms with Gasteiger partial charge >= 0.3 is 6.03 Å². The van der Waals surface area contributed by atoms with E-state index in [-0.39, 0.29) is 18.4 Å². The fourth-order valence-electron chi connectivity index (χ4n) is 3.13. The summed E-state index contributed by atoms with van der Waals surface area (Å²) in [7, 11) is 1.62. The van der Waals surface area contributed by atoms with E-state index in [2.05, 4.69) is 42.3 Å². The van der Waals surface area contributed by atoms with Crippen molar-refractivity contribution in [1.29, 1.82) is 0 Å². The zero-order chi connectivity index (χ0) is 17.8. The summed E-state index contributed by atoms with van der Waals surface area (Å²) in [5.74, 6) is 0.734. The Labute approximate surface area is 161 Å². The highest BCUT2D eigenvalue weighted by atomic mass is 35.5. The standard InChI is InChI=1S/C20H25N3O2.ClH/c1-15-6-4-9-19(16(15)2)22-10-12-23(13-11-22)20(24)21-17-7-5-8-18(14-17)25-3;/h4-9,14H,10-13H2,1-3H3,(H,21,24);1H. The number of methoxy groups -OCH3 is 1. The third-order valence-corrected chi connectivity index (χ3v) is 4.80. The monoisotopic (exact) mass is 375 g/mol. The first-order chi connectivity index (χ1) is 12.1. The molecule has 1 aliphatic rings. The number of nitrogens with one attached hydrogen (secondary N) is 1. The number of carbonyl (C=O) groups is 1. The van der Waals surface area contributed by atoms with E-state index >= 15 is 0 Å². The first-order valence-corrected chi connectivity index (χ1v) is 8.59. The molecule has 0 aliphatic carbocycles. The Bertz CT molecular complexity index is 758. The molecular formula is C20H26ClN3O2. The molecule has 1 heterocycles. The second kappa shape index (κ2) is 8.81. The average molecular weight is 376 g/mol. The van der Waals surface area contributed by atoms with Crippen LogP contribution in [-0.4, -0.2) is 44.2 Å². The van der Waals surface area contributed by atoms with Crippen LogP contribution in [0.1, 0.15) is 11.1 Å². The molecule has 6 heteroatoms. The Balaban J connectivity index is 0.00000243. The van der Waals surface area contributed by atoms with Gasteiger partial charge in [-0.2, -0.15) is 0 Å². The molecule has 0 spiro atoms. The summed E-state index contributed by atoms with van der Waals surface area (Å²) < 4.78 is 5.19. The molecule has 1 fully saturated rings. The van der Waals surface area contributed by atoms with E-state index in [1.807, 2.05) is 29.2 Å². The molecule has 0 aromatic heterocycles. The summed E-state index contributed by atoms with van der Waals surface area (Å²) in [6.45, 7) is 7.40. The maximum atomic E-state index is 12.5. The number of hydrogen-bond acceptors (Lipinski definition) is 3. The van der Waals surface area contributed by atoms with Crippen molar-refractivity contribution >= 4 is 29.8 Å². The molecule has 1 saturated heterocycles. The van der Waals surface area contributed by atoms with E-state index in [4.69, 9.17) is 4.74 Å². The molecule has 0 bridgehead atoms. The number of hydrogen-bond donors (Lipinski definition) is 1. The van der Waals surface area contributed by atoms with Gasteiger partial charge in [0, 0.05) is 43.6 Å². The molecule has 140 valence electrons. The lowest BCUT2D eigenvalue weighted by Gasteiger charge is -2.37. The molecule has 1 aliphatic heterocycles. The zero-order valence-electron chi connectivity index (χ0n) is 15.5. The number of anilines is 2. The first kappa shape index (κ1) is 19.9. The van der Waals surface area contributed by atoms with E-state index in [0.717, 1.165) is 24.5 Å². The van der Waals surface area contributed by atoms with Gasteiger partial charge in [0.25, 0.3) is 0 Å². The lowest BCUT2D eigenvalue weighted by Crippen LogP contribution is -2.50. The van der Waals surface area contributed by atoms with Gasteiger partial charge < -0.3 is 19.9 Å². The van der Waals surface area contributed by atoms with Crippen molar-refractivity contribution in [2.75, 3.05) is 43.5 Å². The minimum atomic E-state index is -0.0612. The zero-order valence-corrected chi connectivity index (χ0v) is 16.3. The summed E-state index contributed by atoms with van der Waals surface area (Å²) in [5, 5.41) is 2.95. The number of ether oxygens (including phenoxy) is 1. The maximum absolute atomic E-state index is 12.5. The lowest BCUT2D eigenvalue weighted by molar-refractivity contribution is 0.208. The van der Waals surface area contributed by atoms with Gasteiger partial charge in [-0.15, -0.1) is 12.4 Å². The van der Waals surface area contributed by atoms with Gasteiger partial charge in [-0.05, 0) is 43.2 Å². The number of benzene rings is 2. The fraction of sp³-hybridized carbons (Fsp3) is 0.350. The van der Waals surface area contributed by atoms with Crippen molar-refractivity contribution < 1.29 is 9.53 Å². The Kier molecular flexibility index (Phi) is 6.75. The van der Waals surface area contributed by atoms with E-state index < -0.39 is 0 Å². The van der Waals surface area contributed by atoms with Crippen molar-refractivity contribution in [2.24, 2.45) is 0 Å². The fourth-order valence-corrected chi connectivity index (χ4v) is 3.13. The second-order valence-corrected chi connectivity index (χ2v) is 6.36. The van der Waals surface area contributed by atoms with Crippen LogP contribution >= 0.6 is 12.4 Å². The molecule has 0 unspecified atom stereocenters. The van der Waals surface area contributed by atoms with Gasteiger partial charge in [0.2, 0.25) is 0 Å². The van der Waals surface area contributed by atoms with Crippen molar-refractivity contribution in [3.63, 3.8) is 0 Å². The van der Waals surface area contributed by atoms with Crippen molar-refractivity contribution in [2.45, 2.75) is 13.8 Å². The maximum Gasteiger partial charge on any atom is 0.321 e. The Morgan fingerprint density at radius 2 is 1.73 bits per heavy atom. The second-order valence-electron chi connectivity index (χ2n) is 6.36. The number of urea groups is 1. The highest BCUT2D eigenvalue weighted by molar-refractivity contribution is 5.89. The Morgan fingerprint density at radius 3 is 2.42 bits per heavy atom. The highest BCUT2D eigenvalue weighted by Gasteiger charge is 2.22. The number of carbonyl (C=O) groups excluding carboxylic acids is 1. The molecule has 0 radical (unpaired) electrons. The van der Waals surface area contributed by atoms with Crippen molar-refractivity contribution in [1.82, 2.24) is 4.90 Å². The third-order valence-electron chi connectivity index (χ3n) is 4.80. The first-order valence-electron chi connectivity index (χ1n) is 8.59. The van der Waals surface area contributed by atoms with Crippen LogP contribution in [0.4, 0.5) is 16.2 Å². The normalized spacial score (nSPS) is 13.8. The van der Waals surface area contributed by atoms with E-state index in [9.17, 15) is 4.79 Å².